The summed E-state index contributed by atoms with van der Waals surface area (Å²) in [7, 11) is 3.43. The van der Waals surface area contributed by atoms with Crippen molar-refractivity contribution in [3.05, 3.63) is 18.6 Å². The molecular formula is C25H31F2N7O4. The molecule has 1 saturated heterocycles. The lowest BCUT2D eigenvalue weighted by Crippen LogP contribution is -2.52. The van der Waals surface area contributed by atoms with Crippen molar-refractivity contribution in [2.75, 3.05) is 45.2 Å². The lowest BCUT2D eigenvalue weighted by molar-refractivity contribution is -0.171. The average Bonchev–Trinajstić information content (AvgIpc) is 3.31. The Balaban J connectivity index is 1.42. The van der Waals surface area contributed by atoms with Gasteiger partial charge in [0.25, 0.3) is 0 Å². The Hall–Kier alpha value is -3.82. The van der Waals surface area contributed by atoms with E-state index in [1.165, 1.54) is 15.8 Å². The van der Waals surface area contributed by atoms with E-state index in [1.807, 2.05) is 18.0 Å². The number of fused-ring (bicyclic) bond motifs is 1. The number of likely N-dealkylation sites (tertiary alicyclic amines) is 1. The minimum absolute atomic E-state index is 0.0449. The van der Waals surface area contributed by atoms with Gasteiger partial charge in [-0.15, -0.1) is 0 Å². The first-order valence-corrected chi connectivity index (χ1v) is 12.5. The van der Waals surface area contributed by atoms with Gasteiger partial charge in [-0.25, -0.2) is 23.5 Å². The molecule has 4 rings (SSSR count). The van der Waals surface area contributed by atoms with E-state index in [0.29, 0.717) is 29.9 Å². The molecule has 1 aliphatic heterocycles. The van der Waals surface area contributed by atoms with Gasteiger partial charge in [-0.2, -0.15) is 5.26 Å². The molecule has 0 bridgehead atoms. The monoisotopic (exact) mass is 531 g/mol. The zero-order chi connectivity index (χ0) is 27.6. The Bertz CT molecular complexity index is 1250. The Kier molecular flexibility index (Phi) is 7.80. The highest BCUT2D eigenvalue weighted by molar-refractivity contribution is 5.94. The van der Waals surface area contributed by atoms with Crippen molar-refractivity contribution in [1.82, 2.24) is 24.3 Å². The number of carbonyl (C=O) groups is 3. The Labute approximate surface area is 218 Å². The lowest BCUT2D eigenvalue weighted by Gasteiger charge is -2.42. The summed E-state index contributed by atoms with van der Waals surface area (Å²) in [6, 6.07) is 3.21. The molecule has 2 aliphatic rings. The molecule has 13 heteroatoms. The fourth-order valence-corrected chi connectivity index (χ4v) is 5.00. The van der Waals surface area contributed by atoms with Crippen LogP contribution in [0.4, 0.5) is 19.4 Å². The van der Waals surface area contributed by atoms with Gasteiger partial charge >= 0.3 is 12.0 Å². The molecule has 0 N–H and O–H groups in total. The highest BCUT2D eigenvalue weighted by Gasteiger charge is 2.49. The molecule has 0 radical (unpaired) electrons. The molecule has 2 amide bonds. The van der Waals surface area contributed by atoms with Gasteiger partial charge < -0.3 is 19.4 Å². The van der Waals surface area contributed by atoms with Crippen molar-refractivity contribution < 1.29 is 27.9 Å². The number of nitriles is 1. The maximum Gasteiger partial charge on any atom is 0.329 e. The Morgan fingerprint density at radius 1 is 1.26 bits per heavy atom. The van der Waals surface area contributed by atoms with Gasteiger partial charge in [0, 0.05) is 46.2 Å². The third-order valence-electron chi connectivity index (χ3n) is 7.42. The molecule has 2 aromatic heterocycles. The van der Waals surface area contributed by atoms with Gasteiger partial charge in [0.05, 0.1) is 30.0 Å². The van der Waals surface area contributed by atoms with Crippen LogP contribution in [-0.4, -0.2) is 94.5 Å². The minimum Gasteiger partial charge on any atom is -0.464 e. The van der Waals surface area contributed by atoms with Crippen LogP contribution in [0.15, 0.2) is 18.6 Å². The smallest absolute Gasteiger partial charge is 0.329 e. The van der Waals surface area contributed by atoms with Crippen LogP contribution in [0.25, 0.3) is 11.0 Å². The van der Waals surface area contributed by atoms with Gasteiger partial charge in [-0.3, -0.25) is 14.2 Å². The standard InChI is InChI=1S/C25H31F2N7O4/c1-16-5-8-33(20(35)4-7-28)14-19(16)32(3)21-18-6-9-34(22(18)30-15-29-21)24(37)31(2)10-11-38-23(36)17-12-25(26,27)13-17/h6,9,15-17,19H,4-5,8,10-14H2,1-3H3/t16-,19+/m1/s1. The van der Waals surface area contributed by atoms with Crippen molar-refractivity contribution in [2.24, 2.45) is 11.8 Å². The molecular weight excluding hydrogens is 500 g/mol. The summed E-state index contributed by atoms with van der Waals surface area (Å²) in [5.41, 5.74) is 0.397. The second kappa shape index (κ2) is 10.9. The van der Waals surface area contributed by atoms with E-state index < -0.39 is 36.7 Å². The van der Waals surface area contributed by atoms with E-state index in [1.54, 1.807) is 24.2 Å². The molecule has 0 aromatic carbocycles. The number of amides is 2. The summed E-state index contributed by atoms with van der Waals surface area (Å²) in [5, 5.41) is 9.55. The zero-order valence-electron chi connectivity index (χ0n) is 21.6. The predicted octanol–water partition coefficient (Wildman–Crippen LogP) is 2.51. The SMILES string of the molecule is C[C@@H]1CCN(C(=O)CC#N)C[C@@H]1N(C)c1ncnc2c1ccn2C(=O)N(C)CCOC(=O)C1CC(F)(F)C1. The van der Waals surface area contributed by atoms with Crippen molar-refractivity contribution in [2.45, 2.75) is 44.6 Å². The number of alkyl halides is 2. The van der Waals surface area contributed by atoms with Crippen molar-refractivity contribution in [1.29, 1.82) is 5.26 Å². The molecule has 0 unspecified atom stereocenters. The summed E-state index contributed by atoms with van der Waals surface area (Å²) in [4.78, 5) is 51.1. The lowest BCUT2D eigenvalue weighted by atomic mass is 9.81. The Morgan fingerprint density at radius 3 is 2.68 bits per heavy atom. The summed E-state index contributed by atoms with van der Waals surface area (Å²) in [6.45, 7) is 3.15. The van der Waals surface area contributed by atoms with Crippen LogP contribution in [0, 0.1) is 23.2 Å². The summed E-state index contributed by atoms with van der Waals surface area (Å²) >= 11 is 0. The molecule has 2 aromatic rings. The third-order valence-corrected chi connectivity index (χ3v) is 7.42. The maximum atomic E-state index is 13.1. The summed E-state index contributed by atoms with van der Waals surface area (Å²) in [6.07, 6.45) is 2.60. The second-order valence-corrected chi connectivity index (χ2v) is 10.1. The number of anilines is 1. The van der Waals surface area contributed by atoms with Gasteiger partial charge in [-0.1, -0.05) is 6.92 Å². The van der Waals surface area contributed by atoms with E-state index in [4.69, 9.17) is 10.00 Å². The maximum absolute atomic E-state index is 13.1. The molecule has 38 heavy (non-hydrogen) atoms. The minimum atomic E-state index is -2.80. The van der Waals surface area contributed by atoms with E-state index >= 15 is 0 Å². The number of esters is 1. The van der Waals surface area contributed by atoms with E-state index in [9.17, 15) is 23.2 Å². The van der Waals surface area contributed by atoms with Gasteiger partial charge in [-0.05, 0) is 18.4 Å². The van der Waals surface area contributed by atoms with Crippen LogP contribution in [-0.2, 0) is 14.3 Å². The number of aromatic nitrogens is 3. The summed E-state index contributed by atoms with van der Waals surface area (Å²) < 4.78 is 32.4. The van der Waals surface area contributed by atoms with E-state index in [2.05, 4.69) is 16.9 Å². The van der Waals surface area contributed by atoms with Gasteiger partial charge in [0.2, 0.25) is 11.8 Å². The highest BCUT2D eigenvalue weighted by atomic mass is 19.3. The molecule has 2 fully saturated rings. The van der Waals surface area contributed by atoms with Crippen LogP contribution in [0.2, 0.25) is 0 Å². The normalized spacial score (nSPS) is 20.9. The predicted molar refractivity (Wildman–Crippen MR) is 132 cm³/mol. The van der Waals surface area contributed by atoms with Crippen molar-refractivity contribution >= 4 is 34.8 Å². The summed E-state index contributed by atoms with van der Waals surface area (Å²) in [5.74, 6) is -3.59. The van der Waals surface area contributed by atoms with E-state index in [0.717, 1.165) is 6.42 Å². The Morgan fingerprint density at radius 2 is 2.00 bits per heavy atom. The van der Waals surface area contributed by atoms with E-state index in [-0.39, 0.29) is 37.4 Å². The quantitative estimate of drug-likeness (QED) is 0.499. The molecule has 2 atom stereocenters. The fraction of sp³-hybridized carbons (Fsp3) is 0.600. The molecule has 3 heterocycles. The highest BCUT2D eigenvalue weighted by Crippen LogP contribution is 2.42. The number of rotatable bonds is 7. The number of halogens is 2. The number of ether oxygens (including phenoxy) is 1. The second-order valence-electron chi connectivity index (χ2n) is 10.1. The van der Waals surface area contributed by atoms with Crippen LogP contribution in [0.3, 0.4) is 0 Å². The van der Waals surface area contributed by atoms with Crippen LogP contribution >= 0.6 is 0 Å². The number of nitrogens with zero attached hydrogens (tertiary/aromatic N) is 7. The number of piperidine rings is 1. The fourth-order valence-electron chi connectivity index (χ4n) is 5.00. The van der Waals surface area contributed by atoms with Crippen LogP contribution < -0.4 is 4.90 Å². The number of hydrogen-bond acceptors (Lipinski definition) is 8. The average molecular weight is 532 g/mol. The molecule has 11 nitrogen and oxygen atoms in total. The van der Waals surface area contributed by atoms with Gasteiger partial charge in [0.1, 0.15) is 25.2 Å². The third kappa shape index (κ3) is 5.54. The molecule has 0 spiro atoms. The number of carbonyl (C=O) groups excluding carboxylic acids is 3. The van der Waals surface area contributed by atoms with Gasteiger partial charge in [0.15, 0.2) is 5.65 Å². The molecule has 204 valence electrons. The molecule has 1 saturated carbocycles. The largest absolute Gasteiger partial charge is 0.464 e. The number of hydrogen-bond donors (Lipinski definition) is 0. The topological polar surface area (TPSA) is 125 Å². The van der Waals surface area contributed by atoms with Crippen LogP contribution in [0.1, 0.15) is 32.6 Å². The zero-order valence-corrected chi connectivity index (χ0v) is 21.6. The van der Waals surface area contributed by atoms with Crippen molar-refractivity contribution in [3.63, 3.8) is 0 Å². The van der Waals surface area contributed by atoms with Crippen LogP contribution in [0.5, 0.6) is 0 Å². The first-order valence-electron chi connectivity index (χ1n) is 12.5. The molecule has 1 aliphatic carbocycles. The first kappa shape index (κ1) is 27.2. The first-order chi connectivity index (χ1) is 18.0. The van der Waals surface area contributed by atoms with Crippen molar-refractivity contribution in [3.8, 4) is 6.07 Å². The number of likely N-dealkylation sites (N-methyl/N-ethyl adjacent to an activating group) is 2.